The highest BCUT2D eigenvalue weighted by Gasteiger charge is 2.26. The topological polar surface area (TPSA) is 68.0 Å². The third-order valence-electron chi connectivity index (χ3n) is 3.54. The van der Waals surface area contributed by atoms with E-state index in [9.17, 15) is 4.79 Å². The van der Waals surface area contributed by atoms with E-state index in [1.54, 1.807) is 0 Å². The summed E-state index contributed by atoms with van der Waals surface area (Å²) in [5.74, 6) is 0.483. The van der Waals surface area contributed by atoms with E-state index in [4.69, 9.17) is 4.52 Å². The van der Waals surface area contributed by atoms with Crippen molar-refractivity contribution in [2.45, 2.75) is 25.2 Å². The quantitative estimate of drug-likeness (QED) is 0.802. The van der Waals surface area contributed by atoms with Gasteiger partial charge in [-0.1, -0.05) is 17.3 Å². The van der Waals surface area contributed by atoms with Crippen molar-refractivity contribution in [1.82, 2.24) is 10.1 Å². The number of thiazole rings is 1. The lowest BCUT2D eigenvalue weighted by Crippen LogP contribution is -2.14. The molecule has 21 heavy (non-hydrogen) atoms. The number of rotatable bonds is 4. The molecular weight excluding hydrogens is 286 g/mol. The minimum atomic E-state index is -0.120. The molecule has 2 aromatic heterocycles. The Hall–Kier alpha value is -2.21. The Balaban J connectivity index is 1.47. The second kappa shape index (κ2) is 4.96. The third-order valence-corrected chi connectivity index (χ3v) is 4.32. The monoisotopic (exact) mass is 299 g/mol. The molecule has 5 nitrogen and oxygen atoms in total. The van der Waals surface area contributed by atoms with Gasteiger partial charge in [0, 0.05) is 16.7 Å². The number of carbonyl (C=O) groups is 1. The Morgan fingerprint density at radius 1 is 1.38 bits per heavy atom. The van der Waals surface area contributed by atoms with Crippen LogP contribution in [0.5, 0.6) is 0 Å². The Bertz CT molecular complexity index is 804. The molecule has 1 aliphatic carbocycles. The number of carbonyl (C=O) groups excluding carboxylic acids is 1. The van der Waals surface area contributed by atoms with Crippen LogP contribution in [0.1, 0.15) is 30.1 Å². The third kappa shape index (κ3) is 2.54. The molecule has 2 heterocycles. The van der Waals surface area contributed by atoms with Crippen molar-refractivity contribution in [3.63, 3.8) is 0 Å². The van der Waals surface area contributed by atoms with E-state index in [-0.39, 0.29) is 12.3 Å². The van der Waals surface area contributed by atoms with Crippen molar-refractivity contribution >= 4 is 33.3 Å². The normalized spacial score (nSPS) is 14.5. The maximum atomic E-state index is 12.1. The lowest BCUT2D eigenvalue weighted by molar-refractivity contribution is -0.115. The molecule has 1 amide bonds. The fourth-order valence-corrected chi connectivity index (χ4v) is 3.10. The lowest BCUT2D eigenvalue weighted by atomic mass is 10.2. The van der Waals surface area contributed by atoms with E-state index < -0.39 is 0 Å². The van der Waals surface area contributed by atoms with Crippen molar-refractivity contribution in [3.8, 4) is 0 Å². The number of para-hydroxylation sites is 1. The number of fused-ring (bicyclic) bond motifs is 1. The number of anilines is 1. The van der Waals surface area contributed by atoms with Gasteiger partial charge >= 0.3 is 0 Å². The number of nitrogens with one attached hydrogen (secondary N) is 1. The number of benzene rings is 1. The van der Waals surface area contributed by atoms with Crippen LogP contribution in [-0.2, 0) is 11.2 Å². The Labute approximate surface area is 125 Å². The first-order valence-electron chi connectivity index (χ1n) is 6.88. The molecule has 0 spiro atoms. The zero-order valence-corrected chi connectivity index (χ0v) is 12.0. The molecule has 0 aliphatic heterocycles. The molecule has 106 valence electrons. The van der Waals surface area contributed by atoms with E-state index in [2.05, 4.69) is 15.5 Å². The van der Waals surface area contributed by atoms with Gasteiger partial charge < -0.3 is 9.84 Å². The highest BCUT2D eigenvalue weighted by molar-refractivity contribution is 7.13. The molecule has 3 aromatic rings. The Morgan fingerprint density at radius 2 is 2.24 bits per heavy atom. The summed E-state index contributed by atoms with van der Waals surface area (Å²) in [4.78, 5) is 16.5. The smallest absolute Gasteiger partial charge is 0.232 e. The van der Waals surface area contributed by atoms with Crippen LogP contribution in [0.4, 0.5) is 5.13 Å². The van der Waals surface area contributed by atoms with E-state index in [0.717, 1.165) is 11.1 Å². The highest BCUT2D eigenvalue weighted by atomic mass is 32.1. The average molecular weight is 299 g/mol. The summed E-state index contributed by atoms with van der Waals surface area (Å²) in [6.07, 6.45) is 2.61. The van der Waals surface area contributed by atoms with Gasteiger partial charge in [-0.15, -0.1) is 11.3 Å². The predicted octanol–water partition coefficient (Wildman–Crippen LogP) is 3.34. The summed E-state index contributed by atoms with van der Waals surface area (Å²) in [5, 5.41) is 10.4. The minimum Gasteiger partial charge on any atom is -0.356 e. The Kier molecular flexibility index (Phi) is 2.96. The van der Waals surface area contributed by atoms with Crippen LogP contribution in [0.25, 0.3) is 11.0 Å². The second-order valence-electron chi connectivity index (χ2n) is 5.20. The summed E-state index contributed by atoms with van der Waals surface area (Å²) >= 11 is 1.48. The summed E-state index contributed by atoms with van der Waals surface area (Å²) in [5.41, 5.74) is 2.45. The van der Waals surface area contributed by atoms with Crippen LogP contribution in [0.15, 0.2) is 34.2 Å². The first kappa shape index (κ1) is 12.5. The minimum absolute atomic E-state index is 0.120. The van der Waals surface area contributed by atoms with E-state index in [0.29, 0.717) is 22.3 Å². The van der Waals surface area contributed by atoms with Gasteiger partial charge in [0.15, 0.2) is 10.7 Å². The largest absolute Gasteiger partial charge is 0.356 e. The van der Waals surface area contributed by atoms with Gasteiger partial charge in [0.1, 0.15) is 5.69 Å². The summed E-state index contributed by atoms with van der Waals surface area (Å²) < 4.78 is 5.20. The van der Waals surface area contributed by atoms with Crippen molar-refractivity contribution < 1.29 is 9.32 Å². The number of hydrogen-bond donors (Lipinski definition) is 1. The molecule has 1 fully saturated rings. The Morgan fingerprint density at radius 3 is 3.10 bits per heavy atom. The molecule has 1 saturated carbocycles. The van der Waals surface area contributed by atoms with Crippen LogP contribution in [0.2, 0.25) is 0 Å². The SMILES string of the molecule is O=C(Cc1noc2ccccc12)Nc1nc(C2CC2)cs1. The maximum Gasteiger partial charge on any atom is 0.232 e. The fraction of sp³-hybridized carbons (Fsp3) is 0.267. The van der Waals surface area contributed by atoms with Crippen molar-refractivity contribution in [3.05, 3.63) is 41.0 Å². The maximum absolute atomic E-state index is 12.1. The van der Waals surface area contributed by atoms with Crippen LogP contribution in [-0.4, -0.2) is 16.0 Å². The van der Waals surface area contributed by atoms with Crippen molar-refractivity contribution in [2.75, 3.05) is 5.32 Å². The van der Waals surface area contributed by atoms with E-state index in [1.807, 2.05) is 29.6 Å². The van der Waals surface area contributed by atoms with Gasteiger partial charge in [-0.2, -0.15) is 0 Å². The molecule has 0 radical (unpaired) electrons. The molecule has 0 atom stereocenters. The van der Waals surface area contributed by atoms with E-state index >= 15 is 0 Å². The second-order valence-corrected chi connectivity index (χ2v) is 6.06. The molecule has 0 saturated heterocycles. The van der Waals surface area contributed by atoms with Gasteiger partial charge in [-0.25, -0.2) is 4.98 Å². The van der Waals surface area contributed by atoms with Crippen molar-refractivity contribution in [1.29, 1.82) is 0 Å². The van der Waals surface area contributed by atoms with Gasteiger partial charge in [-0.3, -0.25) is 4.79 Å². The highest BCUT2D eigenvalue weighted by Crippen LogP contribution is 2.40. The lowest BCUT2D eigenvalue weighted by Gasteiger charge is -1.99. The average Bonchev–Trinajstić information content (AvgIpc) is 3.12. The van der Waals surface area contributed by atoms with Crippen molar-refractivity contribution in [2.24, 2.45) is 0 Å². The summed E-state index contributed by atoms with van der Waals surface area (Å²) in [6.45, 7) is 0. The molecule has 4 rings (SSSR count). The molecule has 1 N–H and O–H groups in total. The van der Waals surface area contributed by atoms with Crippen LogP contribution >= 0.6 is 11.3 Å². The molecule has 1 aromatic carbocycles. The molecule has 0 bridgehead atoms. The predicted molar refractivity (Wildman–Crippen MR) is 80.4 cm³/mol. The molecule has 1 aliphatic rings. The summed E-state index contributed by atoms with van der Waals surface area (Å²) in [6, 6.07) is 7.53. The molecule has 0 unspecified atom stereocenters. The van der Waals surface area contributed by atoms with Crippen LogP contribution in [0, 0.1) is 0 Å². The van der Waals surface area contributed by atoms with Crippen LogP contribution in [0.3, 0.4) is 0 Å². The number of amides is 1. The standard InChI is InChI=1S/C15H13N3O2S/c19-14(17-15-16-12(8-21-15)9-5-6-9)7-11-10-3-1-2-4-13(10)20-18-11/h1-4,8-9H,5-7H2,(H,16,17,19). The van der Waals surface area contributed by atoms with Gasteiger partial charge in [0.25, 0.3) is 0 Å². The van der Waals surface area contributed by atoms with Gasteiger partial charge in [0.05, 0.1) is 12.1 Å². The first-order chi connectivity index (χ1) is 10.3. The summed E-state index contributed by atoms with van der Waals surface area (Å²) in [7, 11) is 0. The van der Waals surface area contributed by atoms with Gasteiger partial charge in [-0.05, 0) is 25.0 Å². The van der Waals surface area contributed by atoms with E-state index in [1.165, 1.54) is 24.2 Å². The molecule has 6 heteroatoms. The fourth-order valence-electron chi connectivity index (χ4n) is 2.29. The number of nitrogens with zero attached hydrogens (tertiary/aromatic N) is 2. The number of hydrogen-bond acceptors (Lipinski definition) is 5. The first-order valence-corrected chi connectivity index (χ1v) is 7.76. The zero-order chi connectivity index (χ0) is 14.2. The zero-order valence-electron chi connectivity index (χ0n) is 11.2. The van der Waals surface area contributed by atoms with Gasteiger partial charge in [0.2, 0.25) is 5.91 Å². The molecular formula is C15H13N3O2S. The number of aromatic nitrogens is 2. The van der Waals surface area contributed by atoms with Crippen LogP contribution < -0.4 is 5.32 Å².